The molecule has 16 heavy (non-hydrogen) atoms. The minimum Gasteiger partial charge on any atom is -0.303 e. The molecule has 1 aromatic carbocycles. The van der Waals surface area contributed by atoms with E-state index in [1.807, 2.05) is 29.6 Å². The summed E-state index contributed by atoms with van der Waals surface area (Å²) in [5.74, 6) is 0. The molecule has 0 fully saturated rings. The number of rotatable bonds is 4. The van der Waals surface area contributed by atoms with Gasteiger partial charge in [-0.2, -0.15) is 0 Å². The highest BCUT2D eigenvalue weighted by Gasteiger charge is 2.02. The van der Waals surface area contributed by atoms with Crippen molar-refractivity contribution in [2.45, 2.75) is 12.8 Å². The molecule has 0 atom stereocenters. The van der Waals surface area contributed by atoms with E-state index in [0.717, 1.165) is 28.4 Å². The van der Waals surface area contributed by atoms with Crippen molar-refractivity contribution >= 4 is 29.2 Å². The Kier molecular flexibility index (Phi) is 3.70. The molecule has 1 aromatic heterocycles. The summed E-state index contributed by atoms with van der Waals surface area (Å²) in [5, 5.41) is 3.70. The standard InChI is InChI=1S/C12H10ClNOS/c13-10-3-1-9(2-4-10)7-12-14-11(5-6-15)8-16-12/h1-4,6,8H,5,7H2. The SMILES string of the molecule is O=CCc1csc(Cc2ccc(Cl)cc2)n1. The molecule has 82 valence electrons. The Balaban J connectivity index is 2.08. The molecule has 0 saturated heterocycles. The number of hydrogen-bond acceptors (Lipinski definition) is 3. The zero-order chi connectivity index (χ0) is 11.4. The molecule has 2 nitrogen and oxygen atoms in total. The summed E-state index contributed by atoms with van der Waals surface area (Å²) in [6.45, 7) is 0. The van der Waals surface area contributed by atoms with E-state index in [1.165, 1.54) is 5.56 Å². The molecule has 0 bridgehead atoms. The lowest BCUT2D eigenvalue weighted by atomic mass is 10.2. The lowest BCUT2D eigenvalue weighted by molar-refractivity contribution is -0.107. The van der Waals surface area contributed by atoms with Gasteiger partial charge < -0.3 is 4.79 Å². The lowest BCUT2D eigenvalue weighted by Gasteiger charge is -1.97. The smallest absolute Gasteiger partial charge is 0.125 e. The van der Waals surface area contributed by atoms with Crippen molar-refractivity contribution in [1.82, 2.24) is 4.98 Å². The number of nitrogens with zero attached hydrogens (tertiary/aromatic N) is 1. The normalized spacial score (nSPS) is 10.3. The van der Waals surface area contributed by atoms with E-state index in [0.29, 0.717) is 6.42 Å². The Morgan fingerprint density at radius 2 is 2.06 bits per heavy atom. The molecule has 0 N–H and O–H groups in total. The number of halogens is 1. The van der Waals surface area contributed by atoms with Gasteiger partial charge in [0.2, 0.25) is 0 Å². The third kappa shape index (κ3) is 2.90. The predicted molar refractivity (Wildman–Crippen MR) is 66.1 cm³/mol. The molecule has 0 unspecified atom stereocenters. The molecule has 0 amide bonds. The molecule has 1 heterocycles. The Bertz CT molecular complexity index is 478. The van der Waals surface area contributed by atoms with Gasteiger partial charge in [-0.25, -0.2) is 4.98 Å². The van der Waals surface area contributed by atoms with E-state index in [4.69, 9.17) is 11.6 Å². The first-order valence-corrected chi connectivity index (χ1v) is 6.15. The van der Waals surface area contributed by atoms with Crippen LogP contribution in [0.2, 0.25) is 5.02 Å². The predicted octanol–water partition coefficient (Wildman–Crippen LogP) is 3.13. The van der Waals surface area contributed by atoms with Crippen molar-refractivity contribution in [2.24, 2.45) is 0 Å². The average molecular weight is 252 g/mol. The number of aldehydes is 1. The van der Waals surface area contributed by atoms with Crippen molar-refractivity contribution in [2.75, 3.05) is 0 Å². The Hall–Kier alpha value is -1.19. The van der Waals surface area contributed by atoms with Gasteiger partial charge in [0.1, 0.15) is 6.29 Å². The molecule has 0 aliphatic heterocycles. The van der Waals surface area contributed by atoms with Gasteiger partial charge in [-0.15, -0.1) is 11.3 Å². The molecule has 2 rings (SSSR count). The summed E-state index contributed by atoms with van der Waals surface area (Å²) in [6.07, 6.45) is 2.07. The molecule has 4 heteroatoms. The second-order valence-corrected chi connectivity index (χ2v) is 4.79. The summed E-state index contributed by atoms with van der Waals surface area (Å²) in [6, 6.07) is 7.72. The number of hydrogen-bond donors (Lipinski definition) is 0. The molecule has 0 aliphatic rings. The van der Waals surface area contributed by atoms with Crippen LogP contribution in [0.3, 0.4) is 0 Å². The third-order valence-corrected chi connectivity index (χ3v) is 3.31. The fraction of sp³-hybridized carbons (Fsp3) is 0.167. The van der Waals surface area contributed by atoms with E-state index in [2.05, 4.69) is 4.98 Å². The number of carbonyl (C=O) groups excluding carboxylic acids is 1. The van der Waals surface area contributed by atoms with E-state index >= 15 is 0 Å². The van der Waals surface area contributed by atoms with Crippen LogP contribution in [0.4, 0.5) is 0 Å². The molecule has 0 radical (unpaired) electrons. The summed E-state index contributed by atoms with van der Waals surface area (Å²) in [4.78, 5) is 14.7. The minimum absolute atomic E-state index is 0.400. The first-order valence-electron chi connectivity index (χ1n) is 4.89. The van der Waals surface area contributed by atoms with E-state index < -0.39 is 0 Å². The Morgan fingerprint density at radius 3 is 2.75 bits per heavy atom. The second kappa shape index (κ2) is 5.23. The molecular weight excluding hydrogens is 242 g/mol. The van der Waals surface area contributed by atoms with Gasteiger partial charge in [-0.3, -0.25) is 0 Å². The van der Waals surface area contributed by atoms with Gasteiger partial charge in [0.15, 0.2) is 0 Å². The average Bonchev–Trinajstić information content (AvgIpc) is 2.70. The lowest BCUT2D eigenvalue weighted by Crippen LogP contribution is -1.89. The van der Waals surface area contributed by atoms with Gasteiger partial charge in [0.25, 0.3) is 0 Å². The quantitative estimate of drug-likeness (QED) is 0.782. The number of benzene rings is 1. The maximum absolute atomic E-state index is 10.3. The third-order valence-electron chi connectivity index (χ3n) is 2.16. The summed E-state index contributed by atoms with van der Waals surface area (Å²) in [5.41, 5.74) is 2.03. The van der Waals surface area contributed by atoms with Crippen LogP contribution in [-0.4, -0.2) is 11.3 Å². The van der Waals surface area contributed by atoms with Crippen molar-refractivity contribution in [3.8, 4) is 0 Å². The van der Waals surface area contributed by atoms with Gasteiger partial charge in [0, 0.05) is 23.2 Å². The number of thiazole rings is 1. The zero-order valence-corrected chi connectivity index (χ0v) is 10.1. The largest absolute Gasteiger partial charge is 0.303 e. The summed E-state index contributed by atoms with van der Waals surface area (Å²) in [7, 11) is 0. The molecule has 0 spiro atoms. The monoisotopic (exact) mass is 251 g/mol. The highest BCUT2D eigenvalue weighted by Crippen LogP contribution is 2.16. The van der Waals surface area contributed by atoms with Crippen LogP contribution in [0.25, 0.3) is 0 Å². The van der Waals surface area contributed by atoms with Crippen LogP contribution in [0, 0.1) is 0 Å². The first kappa shape index (κ1) is 11.3. The van der Waals surface area contributed by atoms with Gasteiger partial charge in [0.05, 0.1) is 10.7 Å². The fourth-order valence-corrected chi connectivity index (χ4v) is 2.35. The molecule has 0 aliphatic carbocycles. The van der Waals surface area contributed by atoms with Crippen LogP contribution >= 0.6 is 22.9 Å². The van der Waals surface area contributed by atoms with Gasteiger partial charge in [-0.05, 0) is 17.7 Å². The molecule has 0 saturated carbocycles. The maximum Gasteiger partial charge on any atom is 0.125 e. The van der Waals surface area contributed by atoms with E-state index in [9.17, 15) is 4.79 Å². The van der Waals surface area contributed by atoms with Crippen LogP contribution < -0.4 is 0 Å². The van der Waals surface area contributed by atoms with Gasteiger partial charge in [-0.1, -0.05) is 23.7 Å². The van der Waals surface area contributed by atoms with Crippen LogP contribution in [0.5, 0.6) is 0 Å². The van der Waals surface area contributed by atoms with Crippen LogP contribution in [-0.2, 0) is 17.6 Å². The Morgan fingerprint density at radius 1 is 1.31 bits per heavy atom. The van der Waals surface area contributed by atoms with Crippen molar-refractivity contribution < 1.29 is 4.79 Å². The maximum atomic E-state index is 10.3. The first-order chi connectivity index (χ1) is 7.78. The second-order valence-electron chi connectivity index (χ2n) is 3.41. The molecule has 2 aromatic rings. The number of carbonyl (C=O) groups is 1. The van der Waals surface area contributed by atoms with E-state index in [1.54, 1.807) is 11.3 Å². The highest BCUT2D eigenvalue weighted by atomic mass is 35.5. The van der Waals surface area contributed by atoms with Crippen molar-refractivity contribution in [3.05, 3.63) is 50.9 Å². The van der Waals surface area contributed by atoms with Gasteiger partial charge >= 0.3 is 0 Å². The summed E-state index contributed by atoms with van der Waals surface area (Å²) < 4.78 is 0. The topological polar surface area (TPSA) is 30.0 Å². The molecular formula is C12H10ClNOS. The van der Waals surface area contributed by atoms with Crippen LogP contribution in [0.15, 0.2) is 29.6 Å². The highest BCUT2D eigenvalue weighted by molar-refractivity contribution is 7.09. The fourth-order valence-electron chi connectivity index (χ4n) is 1.39. The minimum atomic E-state index is 0.400. The van der Waals surface area contributed by atoms with Crippen molar-refractivity contribution in [1.29, 1.82) is 0 Å². The van der Waals surface area contributed by atoms with Crippen molar-refractivity contribution in [3.63, 3.8) is 0 Å². The summed E-state index contributed by atoms with van der Waals surface area (Å²) >= 11 is 7.39. The Labute approximate surface area is 103 Å². The zero-order valence-electron chi connectivity index (χ0n) is 8.52. The van der Waals surface area contributed by atoms with Crippen LogP contribution in [0.1, 0.15) is 16.3 Å². The number of aromatic nitrogens is 1. The van der Waals surface area contributed by atoms with E-state index in [-0.39, 0.29) is 0 Å².